The molecule has 0 unspecified atom stereocenters. The van der Waals surface area contributed by atoms with E-state index in [1.165, 1.54) is 0 Å². The molecule has 1 aliphatic rings. The van der Waals surface area contributed by atoms with Gasteiger partial charge in [0.25, 0.3) is 0 Å². The zero-order chi connectivity index (χ0) is 17.0. The van der Waals surface area contributed by atoms with E-state index in [9.17, 15) is 4.21 Å². The molecule has 2 heterocycles. The molecule has 5 nitrogen and oxygen atoms in total. The maximum absolute atomic E-state index is 11.7. The Labute approximate surface area is 144 Å². The van der Waals surface area contributed by atoms with Gasteiger partial charge < -0.3 is 4.90 Å². The molecular weight excluding hydrogens is 320 g/mol. The Morgan fingerprint density at radius 1 is 1.17 bits per heavy atom. The van der Waals surface area contributed by atoms with Crippen LogP contribution in [0.3, 0.4) is 0 Å². The second-order valence-electron chi connectivity index (χ2n) is 6.55. The summed E-state index contributed by atoms with van der Waals surface area (Å²) in [4.78, 5) is 11.1. The lowest BCUT2D eigenvalue weighted by molar-refractivity contribution is 0.414. The Hall–Kier alpha value is -1.95. The van der Waals surface area contributed by atoms with Gasteiger partial charge in [-0.25, -0.2) is 14.3 Å². The van der Waals surface area contributed by atoms with Gasteiger partial charge in [0.2, 0.25) is 0 Å². The lowest BCUT2D eigenvalue weighted by Crippen LogP contribution is -2.35. The molecule has 1 aromatic heterocycles. The number of rotatable bonds is 4. The molecule has 1 fully saturated rings. The third-order valence-electron chi connectivity index (χ3n) is 4.30. The van der Waals surface area contributed by atoms with E-state index in [1.54, 1.807) is 18.8 Å². The number of hydrogen-bond donors (Lipinski definition) is 0. The number of nitrogens with zero attached hydrogens (tertiary/aromatic N) is 4. The smallest absolute Gasteiger partial charge is 0.132 e. The summed E-state index contributed by atoms with van der Waals surface area (Å²) in [6, 6.07) is 12.2. The van der Waals surface area contributed by atoms with Gasteiger partial charge in [0, 0.05) is 47.0 Å². The van der Waals surface area contributed by atoms with E-state index < -0.39 is 9.73 Å². The van der Waals surface area contributed by atoms with E-state index in [-0.39, 0.29) is 0 Å². The molecule has 1 saturated heterocycles. The standard InChI is InChI=1S/C18H24N4OS/c1-24(2,23)21-13-15-8-10-22(11-9-15)18-12-17(19-14-20-18)16-6-4-3-5-7-16/h3-7,12,14-15H,8-11,13H2,1-2H3. The van der Waals surface area contributed by atoms with Crippen molar-refractivity contribution in [3.05, 3.63) is 42.7 Å². The topological polar surface area (TPSA) is 58.5 Å². The maximum atomic E-state index is 11.7. The Balaban J connectivity index is 1.66. The minimum absolute atomic E-state index is 0.525. The summed E-state index contributed by atoms with van der Waals surface area (Å²) in [6.45, 7) is 2.62. The van der Waals surface area contributed by atoms with Crippen LogP contribution in [0.15, 0.2) is 47.1 Å². The number of benzene rings is 1. The molecule has 0 amide bonds. The number of anilines is 1. The SMILES string of the molecule is CS(C)(=O)=NCC1CCN(c2cc(-c3ccccc3)ncn2)CC1. The molecule has 1 aliphatic heterocycles. The van der Waals surface area contributed by atoms with Gasteiger partial charge in [0.15, 0.2) is 0 Å². The third kappa shape index (κ3) is 4.54. The normalized spacial score (nSPS) is 16.2. The zero-order valence-electron chi connectivity index (χ0n) is 14.3. The highest BCUT2D eigenvalue weighted by Crippen LogP contribution is 2.25. The Morgan fingerprint density at radius 3 is 2.54 bits per heavy atom. The Bertz CT molecular complexity index is 784. The fraction of sp³-hybridized carbons (Fsp3) is 0.444. The first-order valence-electron chi connectivity index (χ1n) is 8.26. The van der Waals surface area contributed by atoms with Crippen LogP contribution in [0, 0.1) is 5.92 Å². The molecule has 24 heavy (non-hydrogen) atoms. The lowest BCUT2D eigenvalue weighted by Gasteiger charge is -2.32. The Morgan fingerprint density at radius 2 is 1.88 bits per heavy atom. The molecular formula is C18H24N4OS. The van der Waals surface area contributed by atoms with Crippen LogP contribution < -0.4 is 4.90 Å². The second-order valence-corrected chi connectivity index (χ2v) is 9.17. The summed E-state index contributed by atoms with van der Waals surface area (Å²) in [7, 11) is -1.98. The largest absolute Gasteiger partial charge is 0.356 e. The molecule has 0 spiro atoms. The van der Waals surface area contributed by atoms with Crippen LogP contribution in [0.25, 0.3) is 11.3 Å². The van der Waals surface area contributed by atoms with E-state index in [0.29, 0.717) is 12.5 Å². The first-order valence-corrected chi connectivity index (χ1v) is 10.6. The van der Waals surface area contributed by atoms with E-state index in [2.05, 4.69) is 37.4 Å². The van der Waals surface area contributed by atoms with Crippen molar-refractivity contribution in [1.29, 1.82) is 0 Å². The summed E-state index contributed by atoms with van der Waals surface area (Å²) in [5.74, 6) is 1.51. The molecule has 128 valence electrons. The molecule has 0 aliphatic carbocycles. The first-order chi connectivity index (χ1) is 11.5. The van der Waals surface area contributed by atoms with Crippen LogP contribution in [-0.2, 0) is 9.73 Å². The molecule has 0 N–H and O–H groups in total. The van der Waals surface area contributed by atoms with Crippen molar-refractivity contribution >= 4 is 15.5 Å². The minimum Gasteiger partial charge on any atom is -0.356 e. The predicted molar refractivity (Wildman–Crippen MR) is 99.7 cm³/mol. The predicted octanol–water partition coefficient (Wildman–Crippen LogP) is 3.09. The van der Waals surface area contributed by atoms with E-state index in [0.717, 1.165) is 43.0 Å². The molecule has 0 saturated carbocycles. The molecule has 1 aromatic carbocycles. The van der Waals surface area contributed by atoms with Gasteiger partial charge in [0.1, 0.15) is 12.1 Å². The van der Waals surface area contributed by atoms with Gasteiger partial charge in [-0.05, 0) is 18.8 Å². The van der Waals surface area contributed by atoms with Crippen molar-refractivity contribution < 1.29 is 4.21 Å². The Kier molecular flexibility index (Phi) is 5.14. The second kappa shape index (κ2) is 7.30. The maximum Gasteiger partial charge on any atom is 0.132 e. The fourth-order valence-electron chi connectivity index (χ4n) is 2.92. The lowest BCUT2D eigenvalue weighted by atomic mass is 9.97. The quantitative estimate of drug-likeness (QED) is 0.855. The van der Waals surface area contributed by atoms with Crippen molar-refractivity contribution in [3.63, 3.8) is 0 Å². The summed E-state index contributed by atoms with van der Waals surface area (Å²) in [5, 5.41) is 0. The number of hydrogen-bond acceptors (Lipinski definition) is 5. The number of aromatic nitrogens is 2. The van der Waals surface area contributed by atoms with Gasteiger partial charge in [0.05, 0.1) is 12.2 Å². The monoisotopic (exact) mass is 344 g/mol. The van der Waals surface area contributed by atoms with Gasteiger partial charge in [-0.3, -0.25) is 4.21 Å². The van der Waals surface area contributed by atoms with Crippen molar-refractivity contribution in [2.24, 2.45) is 10.3 Å². The van der Waals surface area contributed by atoms with Gasteiger partial charge in [-0.15, -0.1) is 0 Å². The highest BCUT2D eigenvalue weighted by Gasteiger charge is 2.20. The molecule has 6 heteroatoms. The van der Waals surface area contributed by atoms with Crippen molar-refractivity contribution in [2.75, 3.05) is 37.0 Å². The summed E-state index contributed by atoms with van der Waals surface area (Å²) in [6.07, 6.45) is 7.16. The molecule has 0 radical (unpaired) electrons. The highest BCUT2D eigenvalue weighted by molar-refractivity contribution is 7.92. The molecule has 0 atom stereocenters. The molecule has 3 rings (SSSR count). The first kappa shape index (κ1) is 16.9. The van der Waals surface area contributed by atoms with Crippen molar-refractivity contribution in [2.45, 2.75) is 12.8 Å². The molecule has 0 bridgehead atoms. The van der Waals surface area contributed by atoms with Crippen LogP contribution in [0.2, 0.25) is 0 Å². The molecule has 2 aromatic rings. The van der Waals surface area contributed by atoms with Crippen LogP contribution in [0.5, 0.6) is 0 Å². The zero-order valence-corrected chi connectivity index (χ0v) is 15.1. The van der Waals surface area contributed by atoms with E-state index in [4.69, 9.17) is 0 Å². The summed E-state index contributed by atoms with van der Waals surface area (Å²) in [5.41, 5.74) is 2.06. The van der Waals surface area contributed by atoms with E-state index in [1.807, 2.05) is 18.2 Å². The third-order valence-corrected chi connectivity index (χ3v) is 5.08. The van der Waals surface area contributed by atoms with Gasteiger partial charge >= 0.3 is 0 Å². The van der Waals surface area contributed by atoms with Crippen LogP contribution in [-0.4, -0.2) is 46.3 Å². The average molecular weight is 344 g/mol. The van der Waals surface area contributed by atoms with Crippen LogP contribution in [0.4, 0.5) is 5.82 Å². The number of piperidine rings is 1. The summed E-state index contributed by atoms with van der Waals surface area (Å²) >= 11 is 0. The summed E-state index contributed by atoms with van der Waals surface area (Å²) < 4.78 is 16.0. The van der Waals surface area contributed by atoms with Crippen molar-refractivity contribution in [3.8, 4) is 11.3 Å². The van der Waals surface area contributed by atoms with Crippen LogP contribution >= 0.6 is 0 Å². The van der Waals surface area contributed by atoms with Gasteiger partial charge in [-0.2, -0.15) is 0 Å². The van der Waals surface area contributed by atoms with Crippen molar-refractivity contribution in [1.82, 2.24) is 9.97 Å². The average Bonchev–Trinajstić information content (AvgIpc) is 2.61. The highest BCUT2D eigenvalue weighted by atomic mass is 32.2. The van der Waals surface area contributed by atoms with Crippen LogP contribution in [0.1, 0.15) is 12.8 Å². The van der Waals surface area contributed by atoms with E-state index >= 15 is 0 Å². The van der Waals surface area contributed by atoms with Gasteiger partial charge in [-0.1, -0.05) is 30.3 Å². The fourth-order valence-corrected chi connectivity index (χ4v) is 3.49. The minimum atomic E-state index is -1.98.